The second-order valence-electron chi connectivity index (χ2n) is 3.75. The van der Waals surface area contributed by atoms with E-state index in [4.69, 9.17) is 4.74 Å². The van der Waals surface area contributed by atoms with Gasteiger partial charge in [-0.2, -0.15) is 0 Å². The minimum Gasteiger partial charge on any atom is -0.461 e. The third-order valence-electron chi connectivity index (χ3n) is 2.36. The van der Waals surface area contributed by atoms with Crippen molar-refractivity contribution in [2.24, 2.45) is 0 Å². The molecule has 1 aromatic carbocycles. The molecular weight excluding hydrogens is 365 g/mol. The number of nitrogens with one attached hydrogen (secondary N) is 1. The molecule has 2 aromatic rings. The smallest absolute Gasteiger partial charge is 0.362 e. The van der Waals surface area contributed by atoms with E-state index in [1.165, 1.54) is 12.1 Å². The van der Waals surface area contributed by atoms with Gasteiger partial charge in [0.05, 0.1) is 12.2 Å². The number of aromatic nitrogens is 2. The van der Waals surface area contributed by atoms with Crippen LogP contribution in [0.3, 0.4) is 0 Å². The lowest BCUT2D eigenvalue weighted by Crippen LogP contribution is -2.15. The molecule has 1 aromatic heterocycles. The van der Waals surface area contributed by atoms with Gasteiger partial charge >= 0.3 is 5.97 Å². The molecule has 2 rings (SSSR count). The predicted molar refractivity (Wildman–Crippen MR) is 77.9 cm³/mol. The number of amides is 1. The Labute approximate surface area is 131 Å². The Hall–Kier alpha value is -1.87. The van der Waals surface area contributed by atoms with Crippen molar-refractivity contribution in [3.8, 4) is 0 Å². The second-order valence-corrected chi connectivity index (χ2v) is 5.36. The van der Waals surface area contributed by atoms with Crippen LogP contribution < -0.4 is 5.32 Å². The van der Waals surface area contributed by atoms with Crippen LogP contribution in [0.2, 0.25) is 0 Å². The molecule has 1 heterocycles. The molecule has 21 heavy (non-hydrogen) atoms. The first-order valence-corrected chi connectivity index (χ1v) is 7.35. The summed E-state index contributed by atoms with van der Waals surface area (Å²) in [5, 5.41) is 6.31. The highest BCUT2D eigenvalue weighted by Gasteiger charge is 2.21. The first-order valence-electron chi connectivity index (χ1n) is 5.78. The molecule has 0 aliphatic heterocycles. The van der Waals surface area contributed by atoms with Gasteiger partial charge in [0.25, 0.3) is 5.91 Å². The summed E-state index contributed by atoms with van der Waals surface area (Å²) in [5.41, 5.74) is 0.160. The summed E-state index contributed by atoms with van der Waals surface area (Å²) in [7, 11) is 0. The van der Waals surface area contributed by atoms with Gasteiger partial charge in [-0.3, -0.25) is 4.79 Å². The first-order chi connectivity index (χ1) is 10.0. The standard InChI is InChI=1S/C12H9BrFN3O3S/c1-2-20-12(19)9-11(21-17-16-9)15-10(18)7-4-3-6(14)5-8(7)13/h3-5H,2H2,1H3,(H,15,18). The van der Waals surface area contributed by atoms with E-state index in [1.807, 2.05) is 0 Å². The van der Waals surface area contributed by atoms with Crippen molar-refractivity contribution in [3.05, 3.63) is 39.7 Å². The van der Waals surface area contributed by atoms with Gasteiger partial charge in [-0.25, -0.2) is 9.18 Å². The maximum atomic E-state index is 13.0. The van der Waals surface area contributed by atoms with Gasteiger partial charge in [-0.1, -0.05) is 4.49 Å². The number of carbonyl (C=O) groups excluding carboxylic acids is 2. The minimum atomic E-state index is -0.667. The van der Waals surface area contributed by atoms with Gasteiger partial charge in [0.2, 0.25) is 5.69 Å². The maximum absolute atomic E-state index is 13.0. The Morgan fingerprint density at radius 1 is 1.48 bits per heavy atom. The second kappa shape index (κ2) is 6.72. The van der Waals surface area contributed by atoms with Crippen LogP contribution in [0.1, 0.15) is 27.8 Å². The molecule has 6 nitrogen and oxygen atoms in total. The lowest BCUT2D eigenvalue weighted by molar-refractivity contribution is 0.0520. The highest BCUT2D eigenvalue weighted by atomic mass is 79.9. The van der Waals surface area contributed by atoms with E-state index in [1.54, 1.807) is 6.92 Å². The molecule has 0 aliphatic carbocycles. The zero-order valence-electron chi connectivity index (χ0n) is 10.7. The van der Waals surface area contributed by atoms with Crippen LogP contribution in [0.25, 0.3) is 0 Å². The minimum absolute atomic E-state index is 0.0616. The Kier molecular flexibility index (Phi) is 4.97. The van der Waals surface area contributed by atoms with Gasteiger partial charge in [-0.05, 0) is 41.1 Å². The monoisotopic (exact) mass is 373 g/mol. The highest BCUT2D eigenvalue weighted by Crippen LogP contribution is 2.23. The quantitative estimate of drug-likeness (QED) is 0.833. The topological polar surface area (TPSA) is 81.2 Å². The summed E-state index contributed by atoms with van der Waals surface area (Å²) in [5.74, 6) is -1.65. The normalized spacial score (nSPS) is 10.2. The zero-order chi connectivity index (χ0) is 15.4. The van der Waals surface area contributed by atoms with Crippen LogP contribution >= 0.6 is 27.5 Å². The lowest BCUT2D eigenvalue weighted by atomic mass is 10.2. The fourth-order valence-corrected chi connectivity index (χ4v) is 2.53. The summed E-state index contributed by atoms with van der Waals surface area (Å²) in [6, 6.07) is 3.66. The summed E-state index contributed by atoms with van der Waals surface area (Å²) < 4.78 is 21.7. The Morgan fingerprint density at radius 3 is 2.90 bits per heavy atom. The largest absolute Gasteiger partial charge is 0.461 e. The zero-order valence-corrected chi connectivity index (χ0v) is 13.1. The molecule has 0 saturated carbocycles. The van der Waals surface area contributed by atoms with E-state index in [9.17, 15) is 14.0 Å². The van der Waals surface area contributed by atoms with Gasteiger partial charge < -0.3 is 10.1 Å². The van der Waals surface area contributed by atoms with Crippen LogP contribution in [-0.2, 0) is 4.74 Å². The van der Waals surface area contributed by atoms with E-state index in [-0.39, 0.29) is 22.9 Å². The third kappa shape index (κ3) is 3.61. The van der Waals surface area contributed by atoms with Crippen molar-refractivity contribution < 1.29 is 18.7 Å². The van der Waals surface area contributed by atoms with Crippen molar-refractivity contribution in [2.75, 3.05) is 11.9 Å². The first kappa shape index (κ1) is 15.5. The lowest BCUT2D eigenvalue weighted by Gasteiger charge is -2.06. The number of carbonyl (C=O) groups is 2. The number of anilines is 1. The fourth-order valence-electron chi connectivity index (χ4n) is 1.45. The fraction of sp³-hybridized carbons (Fsp3) is 0.167. The van der Waals surface area contributed by atoms with Crippen molar-refractivity contribution in [2.45, 2.75) is 6.92 Å². The molecule has 0 atom stereocenters. The van der Waals surface area contributed by atoms with Gasteiger partial charge in [0.15, 0.2) is 5.00 Å². The molecular formula is C12H9BrFN3O3S. The van der Waals surface area contributed by atoms with Crippen molar-refractivity contribution in [1.29, 1.82) is 0 Å². The molecule has 110 valence electrons. The number of halogens is 2. The van der Waals surface area contributed by atoms with E-state index in [0.29, 0.717) is 4.47 Å². The number of nitrogens with zero attached hydrogens (tertiary/aromatic N) is 2. The Balaban J connectivity index is 2.20. The summed E-state index contributed by atoms with van der Waals surface area (Å²) >= 11 is 3.96. The van der Waals surface area contributed by atoms with Gasteiger partial charge in [0.1, 0.15) is 5.82 Å². The average molecular weight is 374 g/mol. The van der Waals surface area contributed by atoms with Crippen LogP contribution in [0.15, 0.2) is 22.7 Å². The van der Waals surface area contributed by atoms with Gasteiger partial charge in [0, 0.05) is 16.0 Å². The average Bonchev–Trinajstić information content (AvgIpc) is 2.87. The van der Waals surface area contributed by atoms with E-state index in [2.05, 4.69) is 30.8 Å². The third-order valence-corrected chi connectivity index (χ3v) is 3.66. The number of benzene rings is 1. The predicted octanol–water partition coefficient (Wildman–Crippen LogP) is 2.87. The van der Waals surface area contributed by atoms with Crippen LogP contribution in [0, 0.1) is 5.82 Å². The van der Waals surface area contributed by atoms with Crippen LogP contribution in [-0.4, -0.2) is 28.1 Å². The molecule has 1 N–H and O–H groups in total. The summed E-state index contributed by atoms with van der Waals surface area (Å²) in [6.07, 6.45) is 0. The Morgan fingerprint density at radius 2 is 2.24 bits per heavy atom. The molecule has 0 saturated heterocycles. The molecule has 0 fully saturated rings. The molecule has 9 heteroatoms. The van der Waals surface area contributed by atoms with Crippen molar-refractivity contribution >= 4 is 44.3 Å². The van der Waals surface area contributed by atoms with E-state index >= 15 is 0 Å². The van der Waals surface area contributed by atoms with Crippen LogP contribution in [0.5, 0.6) is 0 Å². The molecule has 0 bridgehead atoms. The number of esters is 1. The Bertz CT molecular complexity index is 692. The maximum Gasteiger partial charge on any atom is 0.362 e. The van der Waals surface area contributed by atoms with E-state index < -0.39 is 17.7 Å². The number of ether oxygens (including phenoxy) is 1. The van der Waals surface area contributed by atoms with Gasteiger partial charge in [-0.15, -0.1) is 5.10 Å². The summed E-state index contributed by atoms with van der Waals surface area (Å²) in [4.78, 5) is 23.7. The van der Waals surface area contributed by atoms with E-state index in [0.717, 1.165) is 17.6 Å². The molecule has 1 amide bonds. The molecule has 0 spiro atoms. The molecule has 0 aliphatic rings. The summed E-state index contributed by atoms with van der Waals surface area (Å²) in [6.45, 7) is 1.85. The number of hydrogen-bond acceptors (Lipinski definition) is 6. The van der Waals surface area contributed by atoms with Crippen molar-refractivity contribution in [3.63, 3.8) is 0 Å². The number of hydrogen-bond donors (Lipinski definition) is 1. The van der Waals surface area contributed by atoms with Crippen molar-refractivity contribution in [1.82, 2.24) is 9.59 Å². The SMILES string of the molecule is CCOC(=O)c1nnsc1NC(=O)c1ccc(F)cc1Br. The molecule has 0 unspecified atom stereocenters. The molecule has 0 radical (unpaired) electrons. The van der Waals surface area contributed by atoms with Crippen LogP contribution in [0.4, 0.5) is 9.39 Å². The highest BCUT2D eigenvalue weighted by molar-refractivity contribution is 9.10. The number of rotatable bonds is 4.